The predicted octanol–water partition coefficient (Wildman–Crippen LogP) is -0.476. The van der Waals surface area contributed by atoms with Crippen molar-refractivity contribution in [1.29, 1.82) is 0 Å². The topological polar surface area (TPSA) is 122 Å². The van der Waals surface area contributed by atoms with E-state index >= 15 is 0 Å². The van der Waals surface area contributed by atoms with Crippen molar-refractivity contribution in [1.82, 2.24) is 5.43 Å². The lowest BCUT2D eigenvalue weighted by atomic mass is 10.1. The fraction of sp³-hybridized carbons (Fsp3) is 0.846. The van der Waals surface area contributed by atoms with E-state index in [1.807, 2.05) is 0 Å². The largest absolute Gasteiger partial charge is 0.394 e. The van der Waals surface area contributed by atoms with E-state index in [0.29, 0.717) is 0 Å². The molecule has 1 amide bonds. The number of rotatable bonds is 11. The van der Waals surface area contributed by atoms with Gasteiger partial charge in [-0.2, -0.15) is 5.10 Å². The van der Waals surface area contributed by atoms with Gasteiger partial charge in [0.2, 0.25) is 0 Å². The second kappa shape index (κ2) is 11.8. The molecule has 0 unspecified atom stereocenters. The SMILES string of the molecule is CCCCCCC/C=N/NC(=O)[C@H](O)[C@H](O)[C@H](O)CO. The number of hydrogen-bond donors (Lipinski definition) is 5. The minimum absolute atomic E-state index is 0.724. The first-order valence-electron chi connectivity index (χ1n) is 7.01. The van der Waals surface area contributed by atoms with Crippen LogP contribution in [0.4, 0.5) is 0 Å². The summed E-state index contributed by atoms with van der Waals surface area (Å²) < 4.78 is 0. The second-order valence-corrected chi connectivity index (χ2v) is 4.68. The first-order chi connectivity index (χ1) is 9.54. The van der Waals surface area contributed by atoms with Gasteiger partial charge in [-0.05, 0) is 12.8 Å². The molecule has 0 aromatic rings. The quantitative estimate of drug-likeness (QED) is 0.200. The molecule has 0 bridgehead atoms. The molecule has 5 N–H and O–H groups in total. The molecule has 0 radical (unpaired) electrons. The zero-order valence-corrected chi connectivity index (χ0v) is 11.9. The molecule has 0 aliphatic carbocycles. The van der Waals surface area contributed by atoms with Gasteiger partial charge in [-0.1, -0.05) is 32.6 Å². The first kappa shape index (κ1) is 19.0. The number of hydrazone groups is 1. The lowest BCUT2D eigenvalue weighted by molar-refractivity contribution is -0.142. The molecule has 0 spiro atoms. The van der Waals surface area contributed by atoms with Crippen LogP contribution >= 0.6 is 0 Å². The van der Waals surface area contributed by atoms with Crippen LogP contribution in [-0.4, -0.2) is 57.5 Å². The Bertz CT molecular complexity index is 286. The summed E-state index contributed by atoms with van der Waals surface area (Å²) in [5.41, 5.74) is 2.07. The molecule has 3 atom stereocenters. The summed E-state index contributed by atoms with van der Waals surface area (Å²) >= 11 is 0. The minimum Gasteiger partial charge on any atom is -0.394 e. The number of carbonyl (C=O) groups excluding carboxylic acids is 1. The van der Waals surface area contributed by atoms with Crippen LogP contribution in [0.5, 0.6) is 0 Å². The highest BCUT2D eigenvalue weighted by Crippen LogP contribution is 2.03. The number of nitrogens with one attached hydrogen (secondary N) is 1. The number of aliphatic hydroxyl groups excluding tert-OH is 4. The molecule has 7 nitrogen and oxygen atoms in total. The first-order valence-corrected chi connectivity index (χ1v) is 7.01. The molecule has 0 aromatic heterocycles. The molecule has 0 heterocycles. The van der Waals surface area contributed by atoms with E-state index in [1.54, 1.807) is 0 Å². The molecule has 0 rings (SSSR count). The van der Waals surface area contributed by atoms with Crippen LogP contribution in [-0.2, 0) is 4.79 Å². The van der Waals surface area contributed by atoms with Gasteiger partial charge in [-0.25, -0.2) is 5.43 Å². The summed E-state index contributed by atoms with van der Waals surface area (Å²) in [5, 5.41) is 40.0. The molecule has 0 saturated carbocycles. The molecule has 0 aliphatic rings. The van der Waals surface area contributed by atoms with Crippen LogP contribution < -0.4 is 5.43 Å². The number of carbonyl (C=O) groups is 1. The van der Waals surface area contributed by atoms with E-state index < -0.39 is 30.8 Å². The van der Waals surface area contributed by atoms with Crippen LogP contribution in [0.15, 0.2) is 5.10 Å². The third kappa shape index (κ3) is 8.21. The van der Waals surface area contributed by atoms with Gasteiger partial charge in [0.1, 0.15) is 12.2 Å². The highest BCUT2D eigenvalue weighted by atomic mass is 16.4. The van der Waals surface area contributed by atoms with Crippen molar-refractivity contribution in [2.24, 2.45) is 5.10 Å². The molecule has 0 fully saturated rings. The lowest BCUT2D eigenvalue weighted by Crippen LogP contribution is -2.47. The van der Waals surface area contributed by atoms with Crippen molar-refractivity contribution in [3.8, 4) is 0 Å². The average Bonchev–Trinajstić information content (AvgIpc) is 2.47. The van der Waals surface area contributed by atoms with Gasteiger partial charge in [0.25, 0.3) is 5.91 Å². The van der Waals surface area contributed by atoms with E-state index in [9.17, 15) is 15.0 Å². The van der Waals surface area contributed by atoms with Crippen molar-refractivity contribution in [3.63, 3.8) is 0 Å². The van der Waals surface area contributed by atoms with E-state index in [4.69, 9.17) is 10.2 Å². The number of unbranched alkanes of at least 4 members (excludes halogenated alkanes) is 5. The van der Waals surface area contributed by atoms with Gasteiger partial charge in [-0.3, -0.25) is 4.79 Å². The molecule has 7 heteroatoms. The van der Waals surface area contributed by atoms with E-state index in [-0.39, 0.29) is 0 Å². The number of amides is 1. The Labute approximate surface area is 119 Å². The third-order valence-corrected chi connectivity index (χ3v) is 2.88. The van der Waals surface area contributed by atoms with E-state index in [0.717, 1.165) is 19.3 Å². The average molecular weight is 290 g/mol. The molecular formula is C13H26N2O5. The molecule has 0 aliphatic heterocycles. The zero-order valence-electron chi connectivity index (χ0n) is 11.9. The Balaban J connectivity index is 3.80. The van der Waals surface area contributed by atoms with Crippen LogP contribution in [0.2, 0.25) is 0 Å². The van der Waals surface area contributed by atoms with Crippen molar-refractivity contribution in [3.05, 3.63) is 0 Å². The predicted molar refractivity (Wildman–Crippen MR) is 75.1 cm³/mol. The van der Waals surface area contributed by atoms with Gasteiger partial charge in [0.05, 0.1) is 6.61 Å². The van der Waals surface area contributed by atoms with Crippen LogP contribution in [0, 0.1) is 0 Å². The fourth-order valence-corrected chi connectivity index (χ4v) is 1.55. The monoisotopic (exact) mass is 290 g/mol. The van der Waals surface area contributed by atoms with Gasteiger partial charge in [0.15, 0.2) is 6.10 Å². The lowest BCUT2D eigenvalue weighted by Gasteiger charge is -2.19. The van der Waals surface area contributed by atoms with Gasteiger partial charge < -0.3 is 20.4 Å². The van der Waals surface area contributed by atoms with Crippen molar-refractivity contribution >= 4 is 12.1 Å². The van der Waals surface area contributed by atoms with Crippen LogP contribution in [0.25, 0.3) is 0 Å². The molecular weight excluding hydrogens is 264 g/mol. The summed E-state index contributed by atoms with van der Waals surface area (Å²) in [7, 11) is 0. The van der Waals surface area contributed by atoms with Crippen LogP contribution in [0.3, 0.4) is 0 Å². The molecule has 118 valence electrons. The van der Waals surface area contributed by atoms with Gasteiger partial charge in [-0.15, -0.1) is 0 Å². The Morgan fingerprint density at radius 3 is 2.45 bits per heavy atom. The summed E-state index contributed by atoms with van der Waals surface area (Å²) in [4.78, 5) is 11.4. The van der Waals surface area contributed by atoms with Crippen LogP contribution in [0.1, 0.15) is 45.4 Å². The van der Waals surface area contributed by atoms with E-state index in [1.165, 1.54) is 25.5 Å². The molecule has 0 saturated heterocycles. The highest BCUT2D eigenvalue weighted by molar-refractivity contribution is 5.81. The summed E-state index contributed by atoms with van der Waals surface area (Å²) in [5.74, 6) is -0.924. The Kier molecular flexibility index (Phi) is 11.2. The maximum Gasteiger partial charge on any atom is 0.271 e. The smallest absolute Gasteiger partial charge is 0.271 e. The summed E-state index contributed by atoms with van der Waals surface area (Å²) in [6, 6.07) is 0. The normalized spacial score (nSPS) is 16.1. The molecule has 0 aromatic carbocycles. The maximum atomic E-state index is 11.4. The van der Waals surface area contributed by atoms with Gasteiger partial charge in [0, 0.05) is 6.21 Å². The summed E-state index contributed by atoms with van der Waals surface area (Å²) in [6.07, 6.45) is 2.77. The summed E-state index contributed by atoms with van der Waals surface area (Å²) in [6.45, 7) is 1.40. The zero-order chi connectivity index (χ0) is 15.4. The fourth-order valence-electron chi connectivity index (χ4n) is 1.55. The minimum atomic E-state index is -1.83. The Morgan fingerprint density at radius 1 is 1.20 bits per heavy atom. The van der Waals surface area contributed by atoms with Crippen molar-refractivity contribution in [2.45, 2.75) is 63.8 Å². The van der Waals surface area contributed by atoms with Gasteiger partial charge >= 0.3 is 0 Å². The van der Waals surface area contributed by atoms with E-state index in [2.05, 4.69) is 17.5 Å². The Hall–Kier alpha value is -1.02. The van der Waals surface area contributed by atoms with Crippen molar-refractivity contribution < 1.29 is 25.2 Å². The van der Waals surface area contributed by atoms with Crippen molar-refractivity contribution in [2.75, 3.05) is 6.61 Å². The highest BCUT2D eigenvalue weighted by Gasteiger charge is 2.29. The third-order valence-electron chi connectivity index (χ3n) is 2.88. The number of aliphatic hydroxyl groups is 4. The molecule has 20 heavy (non-hydrogen) atoms. The number of nitrogens with zero attached hydrogens (tertiary/aromatic N) is 1. The Morgan fingerprint density at radius 2 is 1.85 bits per heavy atom. The number of hydrogen-bond acceptors (Lipinski definition) is 6. The second-order valence-electron chi connectivity index (χ2n) is 4.68. The maximum absolute atomic E-state index is 11.4. The standard InChI is InChI=1S/C13H26N2O5/c1-2-3-4-5-6-7-8-14-15-13(20)12(19)11(18)10(17)9-16/h8,10-12,16-19H,2-7,9H2,1H3,(H,15,20)/b14-8+/t10-,11-,12-/m1/s1.